The molecule has 0 aliphatic carbocycles. The van der Waals surface area contributed by atoms with Crippen LogP contribution >= 0.6 is 0 Å². The summed E-state index contributed by atoms with van der Waals surface area (Å²) in [5.74, 6) is 1.32. The third-order valence-electron chi connectivity index (χ3n) is 4.20. The van der Waals surface area contributed by atoms with E-state index >= 15 is 0 Å². The molecule has 112 valence electrons. The van der Waals surface area contributed by atoms with E-state index in [9.17, 15) is 5.11 Å². The molecule has 0 spiro atoms. The van der Waals surface area contributed by atoms with Gasteiger partial charge < -0.3 is 9.63 Å². The van der Waals surface area contributed by atoms with Crippen LogP contribution in [0, 0.1) is 6.92 Å². The maximum atomic E-state index is 10.0. The number of phenolic OH excluding ortho intramolecular Hbond substituents is 1. The summed E-state index contributed by atoms with van der Waals surface area (Å²) in [6.07, 6.45) is 4.74. The Bertz CT molecular complexity index is 594. The van der Waals surface area contributed by atoms with Crippen molar-refractivity contribution in [2.24, 2.45) is 0 Å². The van der Waals surface area contributed by atoms with Gasteiger partial charge in [-0.3, -0.25) is 4.90 Å². The molecule has 1 aliphatic rings. The molecule has 1 saturated heterocycles. The minimum Gasteiger partial charge on any atom is -0.508 e. The van der Waals surface area contributed by atoms with E-state index < -0.39 is 0 Å². The second kappa shape index (κ2) is 6.31. The van der Waals surface area contributed by atoms with Crippen LogP contribution < -0.4 is 0 Å². The molecule has 0 saturated carbocycles. The van der Waals surface area contributed by atoms with Crippen molar-refractivity contribution in [2.75, 3.05) is 6.54 Å². The molecule has 0 radical (unpaired) electrons. The van der Waals surface area contributed by atoms with Crippen LogP contribution in [0.25, 0.3) is 0 Å². The third-order valence-corrected chi connectivity index (χ3v) is 4.20. The highest BCUT2D eigenvalue weighted by Crippen LogP contribution is 2.32. The Hall–Kier alpha value is -1.81. The van der Waals surface area contributed by atoms with Crippen LogP contribution in [0.5, 0.6) is 5.75 Å². The molecule has 21 heavy (non-hydrogen) atoms. The largest absolute Gasteiger partial charge is 0.508 e. The third kappa shape index (κ3) is 3.27. The Morgan fingerprint density at radius 2 is 2.14 bits per heavy atom. The molecule has 1 aromatic heterocycles. The summed E-state index contributed by atoms with van der Waals surface area (Å²) in [4.78, 5) is 2.40. The molecule has 1 fully saturated rings. The first-order chi connectivity index (χ1) is 10.2. The van der Waals surface area contributed by atoms with Gasteiger partial charge in [-0.15, -0.1) is 0 Å². The Morgan fingerprint density at radius 1 is 1.29 bits per heavy atom. The van der Waals surface area contributed by atoms with Crippen LogP contribution in [0.4, 0.5) is 0 Å². The average molecular weight is 286 g/mol. The van der Waals surface area contributed by atoms with Gasteiger partial charge in [0.2, 0.25) is 0 Å². The summed E-state index contributed by atoms with van der Waals surface area (Å²) in [7, 11) is 0. The zero-order chi connectivity index (χ0) is 14.7. The number of nitrogens with zero attached hydrogens (tertiary/aromatic N) is 2. The second-order valence-corrected chi connectivity index (χ2v) is 5.83. The van der Waals surface area contributed by atoms with Crippen molar-refractivity contribution in [1.29, 1.82) is 0 Å². The fourth-order valence-corrected chi connectivity index (χ4v) is 3.08. The van der Waals surface area contributed by atoms with Crippen LogP contribution in [0.2, 0.25) is 0 Å². The highest BCUT2D eigenvalue weighted by molar-refractivity contribution is 5.31. The first-order valence-corrected chi connectivity index (χ1v) is 7.68. The number of rotatable bonds is 3. The molecule has 1 atom stereocenters. The highest BCUT2D eigenvalue weighted by Gasteiger charge is 2.26. The number of aryl methyl sites for hydroxylation is 1. The summed E-state index contributed by atoms with van der Waals surface area (Å²) >= 11 is 0. The molecule has 1 aromatic carbocycles. The zero-order valence-corrected chi connectivity index (χ0v) is 12.5. The standard InChI is InChI=1S/C17H22N2O2/c1-13-11-17(21-18-13)15-8-3-2-6-10-19(15)12-14-7-4-5-9-16(14)20/h4-5,7,9,11,15,20H,2-3,6,8,10,12H2,1H3/t15-/m0/s1. The summed E-state index contributed by atoms with van der Waals surface area (Å²) in [6.45, 7) is 3.73. The monoisotopic (exact) mass is 286 g/mol. The normalized spacial score (nSPS) is 20.3. The molecular weight excluding hydrogens is 264 g/mol. The lowest BCUT2D eigenvalue weighted by molar-refractivity contribution is 0.158. The summed E-state index contributed by atoms with van der Waals surface area (Å²) in [6, 6.07) is 9.87. The Morgan fingerprint density at radius 3 is 2.90 bits per heavy atom. The molecule has 4 nitrogen and oxygen atoms in total. The van der Waals surface area contributed by atoms with Crippen LogP contribution in [0.15, 0.2) is 34.9 Å². The van der Waals surface area contributed by atoms with Gasteiger partial charge in [0, 0.05) is 18.2 Å². The fourth-order valence-electron chi connectivity index (χ4n) is 3.08. The van der Waals surface area contributed by atoms with E-state index in [4.69, 9.17) is 4.52 Å². The Labute approximate surface area is 125 Å². The highest BCUT2D eigenvalue weighted by atomic mass is 16.5. The number of aromatic nitrogens is 1. The number of likely N-dealkylation sites (tertiary alicyclic amines) is 1. The zero-order valence-electron chi connectivity index (χ0n) is 12.5. The number of aromatic hydroxyl groups is 1. The quantitative estimate of drug-likeness (QED) is 0.932. The van der Waals surface area contributed by atoms with Crippen molar-refractivity contribution < 1.29 is 9.63 Å². The number of phenols is 1. The van der Waals surface area contributed by atoms with Crippen molar-refractivity contribution in [3.8, 4) is 5.75 Å². The average Bonchev–Trinajstić information content (AvgIpc) is 2.77. The lowest BCUT2D eigenvalue weighted by Crippen LogP contribution is -2.28. The summed E-state index contributed by atoms with van der Waals surface area (Å²) < 4.78 is 5.50. The predicted octanol–water partition coefficient (Wildman–Crippen LogP) is 3.81. The minimum atomic E-state index is 0.258. The van der Waals surface area contributed by atoms with Crippen LogP contribution in [0.1, 0.15) is 48.7 Å². The lowest BCUT2D eigenvalue weighted by atomic mass is 10.1. The number of hydrogen-bond acceptors (Lipinski definition) is 4. The Kier molecular flexibility index (Phi) is 4.25. The number of benzene rings is 1. The molecular formula is C17H22N2O2. The smallest absolute Gasteiger partial charge is 0.154 e. The van der Waals surface area contributed by atoms with Gasteiger partial charge in [0.05, 0.1) is 11.7 Å². The van der Waals surface area contributed by atoms with Gasteiger partial charge in [-0.25, -0.2) is 0 Å². The Balaban J connectivity index is 1.84. The topological polar surface area (TPSA) is 49.5 Å². The SMILES string of the molecule is Cc1cc([C@@H]2CCCCCN2Cc2ccccc2O)on1. The van der Waals surface area contributed by atoms with Gasteiger partial charge in [0.25, 0.3) is 0 Å². The maximum Gasteiger partial charge on any atom is 0.154 e. The molecule has 3 rings (SSSR count). The predicted molar refractivity (Wildman–Crippen MR) is 81.0 cm³/mol. The van der Waals surface area contributed by atoms with Gasteiger partial charge in [0.15, 0.2) is 5.76 Å². The maximum absolute atomic E-state index is 10.0. The summed E-state index contributed by atoms with van der Waals surface area (Å²) in [5, 5.41) is 14.0. The van der Waals surface area contributed by atoms with Gasteiger partial charge in [-0.05, 0) is 32.4 Å². The van der Waals surface area contributed by atoms with Crippen molar-refractivity contribution in [1.82, 2.24) is 10.1 Å². The number of para-hydroxylation sites is 1. The van der Waals surface area contributed by atoms with E-state index in [1.54, 1.807) is 6.07 Å². The van der Waals surface area contributed by atoms with E-state index in [2.05, 4.69) is 10.1 Å². The first-order valence-electron chi connectivity index (χ1n) is 7.68. The summed E-state index contributed by atoms with van der Waals surface area (Å²) in [5.41, 5.74) is 1.90. The lowest BCUT2D eigenvalue weighted by Gasteiger charge is -2.28. The molecule has 0 bridgehead atoms. The minimum absolute atomic E-state index is 0.258. The van der Waals surface area contributed by atoms with E-state index in [1.807, 2.05) is 31.2 Å². The van der Waals surface area contributed by atoms with Crippen LogP contribution in [-0.2, 0) is 6.54 Å². The van der Waals surface area contributed by atoms with Crippen molar-refractivity contribution in [2.45, 2.75) is 45.2 Å². The van der Waals surface area contributed by atoms with Crippen molar-refractivity contribution >= 4 is 0 Å². The van der Waals surface area contributed by atoms with Crippen LogP contribution in [0.3, 0.4) is 0 Å². The first kappa shape index (κ1) is 14.1. The van der Waals surface area contributed by atoms with E-state index in [1.165, 1.54) is 19.3 Å². The number of hydrogen-bond donors (Lipinski definition) is 1. The molecule has 0 amide bonds. The molecule has 2 heterocycles. The van der Waals surface area contributed by atoms with E-state index in [0.717, 1.165) is 36.5 Å². The van der Waals surface area contributed by atoms with Crippen LogP contribution in [-0.4, -0.2) is 21.7 Å². The van der Waals surface area contributed by atoms with Crippen molar-refractivity contribution in [3.63, 3.8) is 0 Å². The van der Waals surface area contributed by atoms with Gasteiger partial charge in [-0.1, -0.05) is 36.2 Å². The molecule has 1 N–H and O–H groups in total. The van der Waals surface area contributed by atoms with Gasteiger partial charge in [0.1, 0.15) is 5.75 Å². The van der Waals surface area contributed by atoms with E-state index in [0.29, 0.717) is 5.75 Å². The van der Waals surface area contributed by atoms with Crippen molar-refractivity contribution in [3.05, 3.63) is 47.3 Å². The molecule has 4 heteroatoms. The van der Waals surface area contributed by atoms with E-state index in [-0.39, 0.29) is 6.04 Å². The van der Waals surface area contributed by atoms with Gasteiger partial charge in [-0.2, -0.15) is 0 Å². The molecule has 0 unspecified atom stereocenters. The molecule has 1 aliphatic heterocycles. The molecule has 2 aromatic rings. The second-order valence-electron chi connectivity index (χ2n) is 5.83. The fraction of sp³-hybridized carbons (Fsp3) is 0.471. The van der Waals surface area contributed by atoms with Gasteiger partial charge >= 0.3 is 0 Å².